The van der Waals surface area contributed by atoms with Crippen LogP contribution < -0.4 is 10.6 Å². The molecule has 2 aliphatic rings. The van der Waals surface area contributed by atoms with Crippen LogP contribution in [0.3, 0.4) is 0 Å². The van der Waals surface area contributed by atoms with Crippen LogP contribution >= 0.6 is 0 Å². The first-order valence-corrected chi connectivity index (χ1v) is 11.8. The first-order chi connectivity index (χ1) is 17.2. The highest BCUT2D eigenvalue weighted by Crippen LogP contribution is 2.36. The minimum Gasteiger partial charge on any atom is -0.480 e. The molecule has 1 saturated heterocycles. The summed E-state index contributed by atoms with van der Waals surface area (Å²) >= 11 is 0. The lowest BCUT2D eigenvalue weighted by molar-refractivity contribution is -0.140. The molecule has 0 aliphatic carbocycles. The number of amides is 3. The van der Waals surface area contributed by atoms with Gasteiger partial charge in [0.15, 0.2) is 0 Å². The summed E-state index contributed by atoms with van der Waals surface area (Å²) in [6.45, 7) is 5.22. The summed E-state index contributed by atoms with van der Waals surface area (Å²) in [5.41, 5.74) is 3.12. The Morgan fingerprint density at radius 3 is 2.67 bits per heavy atom. The van der Waals surface area contributed by atoms with Gasteiger partial charge in [-0.25, -0.2) is 9.18 Å². The average Bonchev–Trinajstić information content (AvgIpc) is 3.31. The Labute approximate surface area is 207 Å². The van der Waals surface area contributed by atoms with Crippen molar-refractivity contribution in [1.29, 1.82) is 0 Å². The van der Waals surface area contributed by atoms with Gasteiger partial charge in [0.25, 0.3) is 5.91 Å². The van der Waals surface area contributed by atoms with Crippen molar-refractivity contribution in [1.82, 2.24) is 15.2 Å². The number of benzene rings is 1. The first kappa shape index (κ1) is 25.4. The minimum atomic E-state index is -1.24. The van der Waals surface area contributed by atoms with Crippen molar-refractivity contribution in [3.63, 3.8) is 0 Å². The van der Waals surface area contributed by atoms with E-state index in [1.54, 1.807) is 18.7 Å². The molecule has 0 saturated carbocycles. The van der Waals surface area contributed by atoms with E-state index in [0.717, 1.165) is 0 Å². The van der Waals surface area contributed by atoms with Gasteiger partial charge in [-0.2, -0.15) is 0 Å². The van der Waals surface area contributed by atoms with Gasteiger partial charge in [-0.15, -0.1) is 0 Å². The van der Waals surface area contributed by atoms with Crippen LogP contribution in [0.5, 0.6) is 0 Å². The number of morpholine rings is 1. The van der Waals surface area contributed by atoms with Gasteiger partial charge >= 0.3 is 5.97 Å². The first-order valence-electron chi connectivity index (χ1n) is 11.8. The summed E-state index contributed by atoms with van der Waals surface area (Å²) in [5, 5.41) is 14.9. The zero-order valence-electron chi connectivity index (χ0n) is 20.2. The topological polar surface area (TPSA) is 141 Å². The molecule has 4 N–H and O–H groups in total. The Morgan fingerprint density at radius 1 is 1.25 bits per heavy atom. The molecule has 0 radical (unpaired) electrons. The molecule has 2 aliphatic heterocycles. The van der Waals surface area contributed by atoms with Crippen LogP contribution in [-0.4, -0.2) is 71.0 Å². The molecule has 0 spiro atoms. The van der Waals surface area contributed by atoms with E-state index < -0.39 is 29.7 Å². The molecular weight excluding hydrogens is 471 g/mol. The van der Waals surface area contributed by atoms with Crippen LogP contribution in [0.25, 0.3) is 0 Å². The number of hydrogen-bond donors (Lipinski definition) is 4. The molecule has 192 valence electrons. The monoisotopic (exact) mass is 500 g/mol. The third kappa shape index (κ3) is 5.25. The summed E-state index contributed by atoms with van der Waals surface area (Å²) in [6.07, 6.45) is 0.163. The molecule has 36 heavy (non-hydrogen) atoms. The van der Waals surface area contributed by atoms with Crippen molar-refractivity contribution in [2.24, 2.45) is 0 Å². The fourth-order valence-electron chi connectivity index (χ4n) is 4.79. The molecule has 3 amide bonds. The Balaban J connectivity index is 1.45. The second-order valence-corrected chi connectivity index (χ2v) is 9.10. The molecule has 11 heteroatoms. The van der Waals surface area contributed by atoms with Gasteiger partial charge in [-0.3, -0.25) is 14.4 Å². The number of aliphatic carboxylic acids is 1. The Morgan fingerprint density at radius 2 is 1.97 bits per heavy atom. The molecule has 3 heterocycles. The van der Waals surface area contributed by atoms with Crippen LogP contribution in [0, 0.1) is 19.7 Å². The van der Waals surface area contributed by atoms with Crippen molar-refractivity contribution in [3.8, 4) is 0 Å². The number of anilines is 1. The summed E-state index contributed by atoms with van der Waals surface area (Å²) in [4.78, 5) is 54.5. The molecule has 2 atom stereocenters. The molecule has 0 bridgehead atoms. The third-order valence-electron chi connectivity index (χ3n) is 6.75. The number of halogens is 1. The van der Waals surface area contributed by atoms with E-state index in [1.807, 2.05) is 0 Å². The summed E-state index contributed by atoms with van der Waals surface area (Å²) in [7, 11) is 0. The maximum Gasteiger partial charge on any atom is 0.326 e. The largest absolute Gasteiger partial charge is 0.480 e. The highest BCUT2D eigenvalue weighted by atomic mass is 19.1. The lowest BCUT2D eigenvalue weighted by Gasteiger charge is -2.27. The zero-order valence-corrected chi connectivity index (χ0v) is 20.2. The maximum atomic E-state index is 13.8. The van der Waals surface area contributed by atoms with Crippen molar-refractivity contribution >= 4 is 29.4 Å². The maximum absolute atomic E-state index is 13.8. The van der Waals surface area contributed by atoms with Gasteiger partial charge < -0.3 is 30.4 Å². The fraction of sp³-hybridized carbons (Fsp3) is 0.440. The number of aromatic amines is 1. The highest BCUT2D eigenvalue weighted by molar-refractivity contribution is 6.03. The SMILES string of the molecule is Cc1[nH]c(CC2C(=O)Nc3ccc(F)cc32)c(C)c1C(=O)N[C@H](CCC(=O)N1CCOCC1)C(=O)O. The molecule has 10 nitrogen and oxygen atoms in total. The van der Waals surface area contributed by atoms with E-state index in [2.05, 4.69) is 15.6 Å². The summed E-state index contributed by atoms with van der Waals surface area (Å²) in [6, 6.07) is 2.88. The summed E-state index contributed by atoms with van der Waals surface area (Å²) in [5.74, 6) is -3.32. The minimum absolute atomic E-state index is 0.0135. The summed E-state index contributed by atoms with van der Waals surface area (Å²) < 4.78 is 19.0. The smallest absolute Gasteiger partial charge is 0.326 e. The number of aryl methyl sites for hydroxylation is 1. The molecule has 2 aromatic rings. The van der Waals surface area contributed by atoms with Crippen molar-refractivity contribution in [3.05, 3.63) is 52.1 Å². The lowest BCUT2D eigenvalue weighted by Crippen LogP contribution is -2.44. The number of carboxylic acid groups (broad SMARTS) is 1. The number of rotatable bonds is 8. The molecule has 1 fully saturated rings. The fourth-order valence-corrected chi connectivity index (χ4v) is 4.79. The number of carbonyl (C=O) groups is 4. The molecule has 1 aromatic heterocycles. The third-order valence-corrected chi connectivity index (χ3v) is 6.75. The van der Waals surface area contributed by atoms with Gasteiger partial charge in [0, 0.05) is 43.0 Å². The Bertz CT molecular complexity index is 1200. The lowest BCUT2D eigenvalue weighted by atomic mass is 9.94. The number of fused-ring (bicyclic) bond motifs is 1. The standard InChI is InChI=1S/C25H29FN4O6/c1-13-20(12-17-16-11-15(26)3-4-18(16)28-23(17)32)27-14(2)22(13)24(33)29-19(25(34)35)5-6-21(31)30-7-9-36-10-8-30/h3-4,11,17,19,27H,5-10,12H2,1-2H3,(H,28,32)(H,29,33)(H,34,35)/t17?,19-/m1/s1. The van der Waals surface area contributed by atoms with Crippen LogP contribution in [0.4, 0.5) is 10.1 Å². The second kappa shape index (κ2) is 10.5. The zero-order chi connectivity index (χ0) is 26.0. The van der Waals surface area contributed by atoms with Crippen LogP contribution in [-0.2, 0) is 25.5 Å². The van der Waals surface area contributed by atoms with E-state index in [9.17, 15) is 28.7 Å². The van der Waals surface area contributed by atoms with Gasteiger partial charge in [0.1, 0.15) is 11.9 Å². The van der Waals surface area contributed by atoms with Crippen LogP contribution in [0.1, 0.15) is 51.6 Å². The quantitative estimate of drug-likeness (QED) is 0.436. The molecule has 1 unspecified atom stereocenters. The van der Waals surface area contributed by atoms with Gasteiger partial charge in [0.05, 0.1) is 24.7 Å². The van der Waals surface area contributed by atoms with E-state index in [1.165, 1.54) is 18.2 Å². The second-order valence-electron chi connectivity index (χ2n) is 9.10. The highest BCUT2D eigenvalue weighted by Gasteiger charge is 2.33. The molecule has 4 rings (SSSR count). The number of hydrogen-bond acceptors (Lipinski definition) is 5. The molecular formula is C25H29FN4O6. The number of carbonyl (C=O) groups excluding carboxylic acids is 3. The Kier molecular flexibility index (Phi) is 7.39. The number of carboxylic acids is 1. The van der Waals surface area contributed by atoms with Gasteiger partial charge in [-0.05, 0) is 49.6 Å². The van der Waals surface area contributed by atoms with E-state index in [0.29, 0.717) is 54.5 Å². The predicted octanol–water partition coefficient (Wildman–Crippen LogP) is 1.87. The number of H-pyrrole nitrogens is 1. The van der Waals surface area contributed by atoms with Crippen molar-refractivity contribution in [2.75, 3.05) is 31.6 Å². The number of aromatic nitrogens is 1. The van der Waals surface area contributed by atoms with E-state index in [-0.39, 0.29) is 36.6 Å². The average molecular weight is 501 g/mol. The molecule has 1 aromatic carbocycles. The Hall–Kier alpha value is -3.73. The van der Waals surface area contributed by atoms with Crippen molar-refractivity contribution in [2.45, 2.75) is 45.1 Å². The van der Waals surface area contributed by atoms with Gasteiger partial charge in [0.2, 0.25) is 11.8 Å². The van der Waals surface area contributed by atoms with Crippen LogP contribution in [0.2, 0.25) is 0 Å². The van der Waals surface area contributed by atoms with E-state index in [4.69, 9.17) is 4.74 Å². The normalized spacial score (nSPS) is 17.9. The van der Waals surface area contributed by atoms with Crippen molar-refractivity contribution < 1.29 is 33.4 Å². The van der Waals surface area contributed by atoms with Crippen LogP contribution in [0.15, 0.2) is 18.2 Å². The number of nitrogens with zero attached hydrogens (tertiary/aromatic N) is 1. The number of ether oxygens (including phenoxy) is 1. The number of nitrogens with one attached hydrogen (secondary N) is 3. The predicted molar refractivity (Wildman–Crippen MR) is 127 cm³/mol. The van der Waals surface area contributed by atoms with Gasteiger partial charge in [-0.1, -0.05) is 0 Å². The van der Waals surface area contributed by atoms with E-state index >= 15 is 0 Å².